The van der Waals surface area contributed by atoms with Gasteiger partial charge in [0, 0.05) is 27.3 Å². The number of hydrogen-bond acceptors (Lipinski definition) is 4. The number of aromatic nitrogens is 3. The number of nitrogens with zero attached hydrogens (tertiary/aromatic N) is 3. The van der Waals surface area contributed by atoms with E-state index < -0.39 is 0 Å². The molecule has 4 heteroatoms. The van der Waals surface area contributed by atoms with Crippen LogP contribution in [0.5, 0.6) is 0 Å². The molecule has 0 bridgehead atoms. The highest BCUT2D eigenvalue weighted by Gasteiger charge is 2.20. The first-order chi connectivity index (χ1) is 27.7. The van der Waals surface area contributed by atoms with Gasteiger partial charge in [0.1, 0.15) is 11.0 Å². The molecule has 56 heavy (non-hydrogen) atoms. The summed E-state index contributed by atoms with van der Waals surface area (Å²) in [5.74, 6) is 2.04. The highest BCUT2D eigenvalue weighted by atomic mass is 16.3. The van der Waals surface area contributed by atoms with Gasteiger partial charge in [-0.05, 0) is 88.0 Å². The van der Waals surface area contributed by atoms with E-state index in [1.165, 1.54) is 33.4 Å². The second-order valence-corrected chi connectivity index (χ2v) is 14.2. The monoisotopic (exact) mass is 719 g/mol. The zero-order chi connectivity index (χ0) is 37.3. The Morgan fingerprint density at radius 3 is 1.71 bits per heavy atom. The van der Waals surface area contributed by atoms with Gasteiger partial charge >= 0.3 is 0 Å². The van der Waals surface area contributed by atoms with Crippen LogP contribution in [-0.2, 0) is 0 Å². The van der Waals surface area contributed by atoms with Crippen molar-refractivity contribution in [1.29, 1.82) is 0 Å². The van der Waals surface area contributed by atoms with Crippen LogP contribution < -0.4 is 10.6 Å². The smallest absolute Gasteiger partial charge is 0.164 e. The maximum absolute atomic E-state index is 6.50. The number of allylic oxidation sites excluding steroid dienone is 6. The van der Waals surface area contributed by atoms with Crippen LogP contribution >= 0.6 is 0 Å². The lowest BCUT2D eigenvalue weighted by atomic mass is 9.95. The third-order valence-corrected chi connectivity index (χ3v) is 10.7. The third-order valence-electron chi connectivity index (χ3n) is 10.7. The minimum atomic E-state index is 0.667. The largest absolute Gasteiger partial charge is 0.456 e. The number of benzene rings is 6. The Morgan fingerprint density at radius 1 is 0.446 bits per heavy atom. The molecule has 6 aromatic carbocycles. The maximum Gasteiger partial charge on any atom is 0.164 e. The maximum atomic E-state index is 6.50. The van der Waals surface area contributed by atoms with Gasteiger partial charge in [-0.15, -0.1) is 0 Å². The third kappa shape index (κ3) is 6.52. The second kappa shape index (κ2) is 14.6. The molecule has 10 rings (SSSR count). The summed E-state index contributed by atoms with van der Waals surface area (Å²) in [4.78, 5) is 15.2. The van der Waals surface area contributed by atoms with Gasteiger partial charge in [0.2, 0.25) is 0 Å². The molecular weight excluding hydrogens is 683 g/mol. The first kappa shape index (κ1) is 33.4. The number of fused-ring (bicyclic) bond motifs is 3. The molecule has 2 aliphatic rings. The lowest BCUT2D eigenvalue weighted by Crippen LogP contribution is -2.27. The van der Waals surface area contributed by atoms with E-state index >= 15 is 0 Å². The van der Waals surface area contributed by atoms with Crippen LogP contribution in [0.15, 0.2) is 186 Å². The zero-order valence-corrected chi connectivity index (χ0v) is 30.8. The molecule has 4 nitrogen and oxygen atoms in total. The van der Waals surface area contributed by atoms with E-state index in [2.05, 4.69) is 164 Å². The summed E-state index contributed by atoms with van der Waals surface area (Å²) in [5, 5.41) is 2.14. The zero-order valence-electron chi connectivity index (χ0n) is 30.8. The molecule has 2 aliphatic carbocycles. The summed E-state index contributed by atoms with van der Waals surface area (Å²) in [6.45, 7) is 0. The lowest BCUT2D eigenvalue weighted by Gasteiger charge is -2.12. The summed E-state index contributed by atoms with van der Waals surface area (Å²) >= 11 is 0. The fraction of sp³-hybridized carbons (Fsp3) is 0.0577. The molecule has 8 aromatic rings. The van der Waals surface area contributed by atoms with Gasteiger partial charge in [-0.1, -0.05) is 164 Å². The molecule has 0 atom stereocenters. The molecule has 0 radical (unpaired) electrons. The van der Waals surface area contributed by atoms with Gasteiger partial charge in [-0.2, -0.15) is 0 Å². The molecule has 2 aromatic heterocycles. The fourth-order valence-electron chi connectivity index (χ4n) is 7.77. The van der Waals surface area contributed by atoms with Crippen molar-refractivity contribution < 1.29 is 4.42 Å². The minimum Gasteiger partial charge on any atom is -0.456 e. The van der Waals surface area contributed by atoms with Crippen LogP contribution in [0.1, 0.15) is 30.9 Å². The van der Waals surface area contributed by atoms with Crippen molar-refractivity contribution in [2.24, 2.45) is 0 Å². The van der Waals surface area contributed by atoms with Gasteiger partial charge in [0.25, 0.3) is 0 Å². The highest BCUT2D eigenvalue weighted by Crippen LogP contribution is 2.32. The molecule has 0 saturated carbocycles. The Morgan fingerprint density at radius 2 is 1.00 bits per heavy atom. The average Bonchev–Trinajstić information content (AvgIpc) is 3.43. The highest BCUT2D eigenvalue weighted by molar-refractivity contribution is 5.89. The quantitative estimate of drug-likeness (QED) is 0.165. The normalized spacial score (nSPS) is 13.6. The van der Waals surface area contributed by atoms with Crippen molar-refractivity contribution in [1.82, 2.24) is 15.0 Å². The lowest BCUT2D eigenvalue weighted by molar-refractivity contribution is 0.571. The molecule has 0 spiro atoms. The van der Waals surface area contributed by atoms with Crippen LogP contribution in [0.2, 0.25) is 0 Å². The Kier molecular flexibility index (Phi) is 8.69. The number of furan rings is 1. The van der Waals surface area contributed by atoms with Crippen molar-refractivity contribution in [3.05, 3.63) is 204 Å². The topological polar surface area (TPSA) is 51.8 Å². The molecule has 0 saturated heterocycles. The molecule has 0 unspecified atom stereocenters. The van der Waals surface area contributed by atoms with Crippen LogP contribution in [0.3, 0.4) is 0 Å². The first-order valence-corrected chi connectivity index (χ1v) is 19.2. The average molecular weight is 720 g/mol. The standard InChI is InChI=1S/C52H37N3O/c1-2-6-16-40(15-5-1)50-53-51(41-17-9-4-10-18-41)55-52(54-50)45-21-12-22-48-49(45)46-34-44(31-32-47(46)56-48)43-20-11-19-42(33-43)39-29-27-38(28-30-39)37-25-23-36(24-26-37)35-13-7-3-8-14-35/h1-5,7-11,13-20,22-34H,6,12,21H2. The van der Waals surface area contributed by atoms with Crippen molar-refractivity contribution in [3.8, 4) is 55.9 Å². The Hall–Kier alpha value is -7.17. The summed E-state index contributed by atoms with van der Waals surface area (Å²) < 4.78 is 6.50. The molecule has 0 N–H and O–H groups in total. The molecule has 266 valence electrons. The predicted molar refractivity (Wildman–Crippen MR) is 230 cm³/mol. The van der Waals surface area contributed by atoms with Crippen molar-refractivity contribution >= 4 is 28.2 Å². The van der Waals surface area contributed by atoms with Crippen molar-refractivity contribution in [2.45, 2.75) is 19.3 Å². The summed E-state index contributed by atoms with van der Waals surface area (Å²) in [6.07, 6.45) is 15.2. The van der Waals surface area contributed by atoms with Gasteiger partial charge in [-0.25, -0.2) is 15.0 Å². The summed E-state index contributed by atoms with van der Waals surface area (Å²) in [6, 6.07) is 53.7. The second-order valence-electron chi connectivity index (χ2n) is 14.2. The van der Waals surface area contributed by atoms with Crippen LogP contribution in [0, 0.1) is 0 Å². The van der Waals surface area contributed by atoms with Crippen LogP contribution in [-0.4, -0.2) is 15.0 Å². The van der Waals surface area contributed by atoms with E-state index in [1.807, 2.05) is 24.3 Å². The summed E-state index contributed by atoms with van der Waals surface area (Å²) in [7, 11) is 0. The Bertz CT molecular complexity index is 2950. The van der Waals surface area contributed by atoms with E-state index in [-0.39, 0.29) is 0 Å². The van der Waals surface area contributed by atoms with E-state index in [9.17, 15) is 0 Å². The molecule has 0 aliphatic heterocycles. The number of rotatable bonds is 7. The van der Waals surface area contributed by atoms with Crippen LogP contribution in [0.25, 0.3) is 84.1 Å². The fourth-order valence-corrected chi connectivity index (χ4v) is 7.77. The van der Waals surface area contributed by atoms with Gasteiger partial charge in [-0.3, -0.25) is 0 Å². The van der Waals surface area contributed by atoms with E-state index in [4.69, 9.17) is 19.4 Å². The van der Waals surface area contributed by atoms with E-state index in [0.717, 1.165) is 68.7 Å². The Labute approximate surface area is 325 Å². The molecule has 0 fully saturated rings. The summed E-state index contributed by atoms with van der Waals surface area (Å²) in [5.41, 5.74) is 14.3. The van der Waals surface area contributed by atoms with Gasteiger partial charge < -0.3 is 4.42 Å². The molecular formula is C52H37N3O. The van der Waals surface area contributed by atoms with Crippen molar-refractivity contribution in [3.63, 3.8) is 0 Å². The van der Waals surface area contributed by atoms with Gasteiger partial charge in [0.15, 0.2) is 17.5 Å². The van der Waals surface area contributed by atoms with Crippen LogP contribution in [0.4, 0.5) is 0 Å². The number of hydrogen-bond donors (Lipinski definition) is 0. The van der Waals surface area contributed by atoms with Crippen molar-refractivity contribution in [2.75, 3.05) is 0 Å². The van der Waals surface area contributed by atoms with E-state index in [1.54, 1.807) is 0 Å². The first-order valence-electron chi connectivity index (χ1n) is 19.2. The van der Waals surface area contributed by atoms with Gasteiger partial charge in [0.05, 0.1) is 0 Å². The molecule has 2 heterocycles. The Balaban J connectivity index is 1.02. The van der Waals surface area contributed by atoms with E-state index in [0.29, 0.717) is 17.5 Å². The predicted octanol–water partition coefficient (Wildman–Crippen LogP) is 11.6. The minimum absolute atomic E-state index is 0.667. The SMILES string of the molecule is C1=CCC=C(c2nc(C3=c4c(oc5ccc(-c6cccc(-c7ccc(-c8ccc(-c9ccccc9)cc8)cc7)c6)cc45)=CCC3)nc(-c3ccccc3)n2)C=C1. The molecule has 0 amide bonds.